The topological polar surface area (TPSA) is 79.1 Å². The molecule has 0 spiro atoms. The molecule has 5 rings (SSSR count). The number of ether oxygens (including phenoxy) is 6. The van der Waals surface area contributed by atoms with E-state index in [1.807, 2.05) is 12.1 Å². The Morgan fingerprint density at radius 3 is 2.41 bits per heavy atom. The Morgan fingerprint density at radius 1 is 0.882 bits per heavy atom. The number of benzene rings is 1. The summed E-state index contributed by atoms with van der Waals surface area (Å²) in [7, 11) is 0. The maximum absolute atomic E-state index is 12.6. The normalized spacial score (nSPS) is 32.0. The zero-order valence-electron chi connectivity index (χ0n) is 20.0. The van der Waals surface area contributed by atoms with E-state index in [0.29, 0.717) is 43.2 Å². The van der Waals surface area contributed by atoms with E-state index in [0.717, 1.165) is 70.5 Å². The standard InChI is InChI=1S/C27H38O7/c28-27(20-4-6-22(7-5-20)31-16-19-3-12-25-26(15-19)34-25)33-23-10-8-21(9-11-23)30-14-2-1-13-29-17-24-18-32-24/h8-11,19-20,22,24-26H,1-7,12-18H2. The van der Waals surface area contributed by atoms with Crippen molar-refractivity contribution in [1.82, 2.24) is 0 Å². The lowest BCUT2D eigenvalue weighted by Gasteiger charge is -2.29. The number of rotatable bonds is 13. The molecule has 0 bridgehead atoms. The lowest BCUT2D eigenvalue weighted by Crippen LogP contribution is -2.30. The molecule has 0 radical (unpaired) electrons. The van der Waals surface area contributed by atoms with Gasteiger partial charge in [0.05, 0.1) is 44.1 Å². The summed E-state index contributed by atoms with van der Waals surface area (Å²) in [5.41, 5.74) is 0. The molecule has 188 valence electrons. The molecule has 4 fully saturated rings. The largest absolute Gasteiger partial charge is 0.494 e. The van der Waals surface area contributed by atoms with Gasteiger partial charge in [-0.15, -0.1) is 0 Å². The summed E-state index contributed by atoms with van der Waals surface area (Å²) >= 11 is 0. The van der Waals surface area contributed by atoms with Gasteiger partial charge < -0.3 is 28.4 Å². The highest BCUT2D eigenvalue weighted by atomic mass is 16.6. The van der Waals surface area contributed by atoms with Crippen molar-refractivity contribution >= 4 is 5.97 Å². The first-order valence-electron chi connectivity index (χ1n) is 13.1. The van der Waals surface area contributed by atoms with Gasteiger partial charge in [-0.3, -0.25) is 4.79 Å². The fourth-order valence-electron chi connectivity index (χ4n) is 5.05. The number of epoxide rings is 2. The highest BCUT2D eigenvalue weighted by molar-refractivity contribution is 5.75. The number of fused-ring (bicyclic) bond motifs is 1. The van der Waals surface area contributed by atoms with Crippen LogP contribution in [0.25, 0.3) is 0 Å². The van der Waals surface area contributed by atoms with Crippen LogP contribution in [0.1, 0.15) is 57.8 Å². The fraction of sp³-hybridized carbons (Fsp3) is 0.741. The maximum atomic E-state index is 12.6. The molecule has 0 N–H and O–H groups in total. The summed E-state index contributed by atoms with van der Waals surface area (Å²) < 4.78 is 33.8. The van der Waals surface area contributed by atoms with Gasteiger partial charge in [0.15, 0.2) is 0 Å². The Hall–Kier alpha value is -1.67. The molecule has 1 aromatic rings. The van der Waals surface area contributed by atoms with Crippen molar-refractivity contribution < 1.29 is 33.2 Å². The quantitative estimate of drug-likeness (QED) is 0.182. The Bertz CT molecular complexity index is 770. The Balaban J connectivity index is 0.929. The van der Waals surface area contributed by atoms with Crippen LogP contribution in [0.15, 0.2) is 24.3 Å². The first-order chi connectivity index (χ1) is 16.7. The van der Waals surface area contributed by atoms with E-state index in [9.17, 15) is 4.79 Å². The van der Waals surface area contributed by atoms with Crippen molar-refractivity contribution in [3.8, 4) is 11.5 Å². The second kappa shape index (κ2) is 11.8. The number of carbonyl (C=O) groups excluding carboxylic acids is 1. The van der Waals surface area contributed by atoms with Crippen molar-refractivity contribution in [1.29, 1.82) is 0 Å². The van der Waals surface area contributed by atoms with Crippen molar-refractivity contribution in [2.45, 2.75) is 82.2 Å². The van der Waals surface area contributed by atoms with Crippen LogP contribution in [0, 0.1) is 11.8 Å². The van der Waals surface area contributed by atoms with Gasteiger partial charge in [-0.25, -0.2) is 0 Å². The number of hydrogen-bond acceptors (Lipinski definition) is 7. The third kappa shape index (κ3) is 7.41. The molecule has 34 heavy (non-hydrogen) atoms. The van der Waals surface area contributed by atoms with Crippen LogP contribution in [0.2, 0.25) is 0 Å². The molecular formula is C27H38O7. The second-order valence-electron chi connectivity index (χ2n) is 10.2. The van der Waals surface area contributed by atoms with Crippen LogP contribution in [0.3, 0.4) is 0 Å². The minimum absolute atomic E-state index is 0.0419. The maximum Gasteiger partial charge on any atom is 0.314 e. The lowest BCUT2D eigenvalue weighted by molar-refractivity contribution is -0.141. The average molecular weight is 475 g/mol. The molecule has 7 heteroatoms. The number of esters is 1. The molecule has 2 saturated heterocycles. The predicted molar refractivity (Wildman–Crippen MR) is 125 cm³/mol. The Kier molecular flexibility index (Phi) is 8.38. The SMILES string of the molecule is O=C(Oc1ccc(OCCCCOCC2CO2)cc1)C1CCC(OCC2CCC3OC3C2)CC1. The van der Waals surface area contributed by atoms with Crippen LogP contribution in [-0.4, -0.2) is 63.4 Å². The van der Waals surface area contributed by atoms with Gasteiger partial charge >= 0.3 is 5.97 Å². The van der Waals surface area contributed by atoms with Crippen LogP contribution in [0.4, 0.5) is 0 Å². The predicted octanol–water partition coefficient (Wildman–Crippen LogP) is 4.31. The number of unbranched alkanes of at least 4 members (excludes halogenated alkanes) is 1. The summed E-state index contributed by atoms with van der Waals surface area (Å²) in [5.74, 6) is 1.82. The highest BCUT2D eigenvalue weighted by Crippen LogP contribution is 2.40. The van der Waals surface area contributed by atoms with Crippen molar-refractivity contribution in [2.75, 3.05) is 33.0 Å². The molecule has 2 aliphatic heterocycles. The molecule has 0 aromatic heterocycles. The third-order valence-electron chi connectivity index (χ3n) is 7.39. The van der Waals surface area contributed by atoms with E-state index in [1.165, 1.54) is 12.8 Å². The number of hydrogen-bond donors (Lipinski definition) is 0. The smallest absolute Gasteiger partial charge is 0.314 e. The van der Waals surface area contributed by atoms with Crippen molar-refractivity contribution in [3.05, 3.63) is 24.3 Å². The van der Waals surface area contributed by atoms with E-state index in [4.69, 9.17) is 28.4 Å². The van der Waals surface area contributed by atoms with Crippen LogP contribution < -0.4 is 9.47 Å². The minimum Gasteiger partial charge on any atom is -0.494 e. The van der Waals surface area contributed by atoms with Gasteiger partial charge in [0.2, 0.25) is 0 Å². The van der Waals surface area contributed by atoms with Gasteiger partial charge in [-0.05, 0) is 88.0 Å². The molecule has 1 aromatic carbocycles. The number of carbonyl (C=O) groups is 1. The molecule has 4 aliphatic rings. The molecule has 4 unspecified atom stereocenters. The molecule has 2 saturated carbocycles. The van der Waals surface area contributed by atoms with E-state index in [2.05, 4.69) is 0 Å². The van der Waals surface area contributed by atoms with Gasteiger partial charge in [0, 0.05) is 13.2 Å². The molecular weight excluding hydrogens is 436 g/mol. The summed E-state index contributed by atoms with van der Waals surface area (Å²) in [4.78, 5) is 12.6. The van der Waals surface area contributed by atoms with Gasteiger partial charge in [0.25, 0.3) is 0 Å². The molecule has 2 aliphatic carbocycles. The van der Waals surface area contributed by atoms with E-state index >= 15 is 0 Å². The Labute approximate surface area is 202 Å². The summed E-state index contributed by atoms with van der Waals surface area (Å²) in [5, 5.41) is 0. The summed E-state index contributed by atoms with van der Waals surface area (Å²) in [6, 6.07) is 7.32. The first-order valence-corrected chi connectivity index (χ1v) is 13.1. The van der Waals surface area contributed by atoms with Gasteiger partial charge in [-0.2, -0.15) is 0 Å². The minimum atomic E-state index is -0.132. The van der Waals surface area contributed by atoms with Crippen LogP contribution in [-0.2, 0) is 23.7 Å². The first kappa shape index (κ1) is 24.0. The van der Waals surface area contributed by atoms with Crippen LogP contribution in [0.5, 0.6) is 11.5 Å². The lowest BCUT2D eigenvalue weighted by atomic mass is 9.87. The molecule has 0 amide bonds. The van der Waals surface area contributed by atoms with Gasteiger partial charge in [0.1, 0.15) is 17.6 Å². The van der Waals surface area contributed by atoms with Crippen molar-refractivity contribution in [3.63, 3.8) is 0 Å². The molecule has 4 atom stereocenters. The van der Waals surface area contributed by atoms with E-state index < -0.39 is 0 Å². The van der Waals surface area contributed by atoms with E-state index in [1.54, 1.807) is 12.1 Å². The third-order valence-corrected chi connectivity index (χ3v) is 7.39. The molecule has 2 heterocycles. The van der Waals surface area contributed by atoms with E-state index in [-0.39, 0.29) is 18.0 Å². The van der Waals surface area contributed by atoms with Crippen molar-refractivity contribution in [2.24, 2.45) is 11.8 Å². The second-order valence-corrected chi connectivity index (χ2v) is 10.2. The average Bonchev–Trinajstić information content (AvgIpc) is 3.79. The summed E-state index contributed by atoms with van der Waals surface area (Å²) in [6.45, 7) is 3.76. The van der Waals surface area contributed by atoms with Gasteiger partial charge in [-0.1, -0.05) is 0 Å². The monoisotopic (exact) mass is 474 g/mol. The zero-order valence-corrected chi connectivity index (χ0v) is 20.0. The zero-order chi connectivity index (χ0) is 23.2. The molecule has 7 nitrogen and oxygen atoms in total. The highest BCUT2D eigenvalue weighted by Gasteiger charge is 2.44. The Morgan fingerprint density at radius 2 is 1.65 bits per heavy atom. The fourth-order valence-corrected chi connectivity index (χ4v) is 5.05. The van der Waals surface area contributed by atoms with Crippen LogP contribution >= 0.6 is 0 Å². The summed E-state index contributed by atoms with van der Waals surface area (Å²) in [6.07, 6.45) is 10.6.